The maximum atomic E-state index is 12.1. The summed E-state index contributed by atoms with van der Waals surface area (Å²) in [5, 5.41) is 11.5. The highest BCUT2D eigenvalue weighted by atomic mass is 32.2. The SMILES string of the molecule is Cc1ccc(C#N)cc1S(=O)(=O)NCC(=O)NC1CC1. The van der Waals surface area contributed by atoms with E-state index in [0.717, 1.165) is 12.8 Å². The minimum Gasteiger partial charge on any atom is -0.352 e. The molecule has 1 aliphatic rings. The third kappa shape index (κ3) is 3.56. The van der Waals surface area contributed by atoms with E-state index in [2.05, 4.69) is 10.0 Å². The van der Waals surface area contributed by atoms with Gasteiger partial charge in [-0.15, -0.1) is 0 Å². The molecule has 0 saturated heterocycles. The molecular weight excluding hydrogens is 278 g/mol. The zero-order chi connectivity index (χ0) is 14.8. The Morgan fingerprint density at radius 2 is 2.15 bits per heavy atom. The van der Waals surface area contributed by atoms with E-state index in [1.807, 2.05) is 6.07 Å². The van der Waals surface area contributed by atoms with Crippen molar-refractivity contribution in [1.29, 1.82) is 5.26 Å². The van der Waals surface area contributed by atoms with Crippen molar-refractivity contribution >= 4 is 15.9 Å². The fourth-order valence-corrected chi connectivity index (χ4v) is 2.95. The van der Waals surface area contributed by atoms with Crippen LogP contribution in [-0.2, 0) is 14.8 Å². The van der Waals surface area contributed by atoms with Crippen LogP contribution >= 0.6 is 0 Å². The lowest BCUT2D eigenvalue weighted by Gasteiger charge is -2.09. The number of aryl methyl sites for hydroxylation is 1. The van der Waals surface area contributed by atoms with Gasteiger partial charge in [0.25, 0.3) is 0 Å². The van der Waals surface area contributed by atoms with Crippen molar-refractivity contribution in [3.8, 4) is 6.07 Å². The van der Waals surface area contributed by atoms with Crippen LogP contribution in [0.2, 0.25) is 0 Å². The van der Waals surface area contributed by atoms with Gasteiger partial charge in [-0.1, -0.05) is 6.07 Å². The Hall–Kier alpha value is -1.91. The van der Waals surface area contributed by atoms with Gasteiger partial charge in [-0.3, -0.25) is 4.79 Å². The van der Waals surface area contributed by atoms with Gasteiger partial charge >= 0.3 is 0 Å². The molecule has 6 nitrogen and oxygen atoms in total. The van der Waals surface area contributed by atoms with Crippen LogP contribution in [-0.4, -0.2) is 26.9 Å². The van der Waals surface area contributed by atoms with Crippen LogP contribution in [0.5, 0.6) is 0 Å². The highest BCUT2D eigenvalue weighted by Crippen LogP contribution is 2.18. The lowest BCUT2D eigenvalue weighted by atomic mass is 10.2. The van der Waals surface area contributed by atoms with Crippen LogP contribution in [0.25, 0.3) is 0 Å². The quantitative estimate of drug-likeness (QED) is 0.822. The maximum absolute atomic E-state index is 12.1. The van der Waals surface area contributed by atoms with Gasteiger partial charge in [0.2, 0.25) is 15.9 Å². The van der Waals surface area contributed by atoms with Crippen LogP contribution in [0.15, 0.2) is 23.1 Å². The molecule has 0 radical (unpaired) electrons. The second kappa shape index (κ2) is 5.61. The van der Waals surface area contributed by atoms with Gasteiger partial charge in [-0.25, -0.2) is 13.1 Å². The molecule has 0 bridgehead atoms. The van der Waals surface area contributed by atoms with Gasteiger partial charge in [-0.05, 0) is 37.5 Å². The monoisotopic (exact) mass is 293 g/mol. The van der Waals surface area contributed by atoms with E-state index < -0.39 is 10.0 Å². The summed E-state index contributed by atoms with van der Waals surface area (Å²) in [5.74, 6) is -0.342. The Bertz CT molecular complexity index is 673. The highest BCUT2D eigenvalue weighted by Gasteiger charge is 2.24. The number of nitrogens with zero attached hydrogens (tertiary/aromatic N) is 1. The molecule has 0 atom stereocenters. The molecule has 1 saturated carbocycles. The molecule has 0 aromatic heterocycles. The first-order chi connectivity index (χ1) is 9.42. The molecule has 0 aliphatic heterocycles. The van der Waals surface area contributed by atoms with Gasteiger partial charge < -0.3 is 5.32 Å². The average molecular weight is 293 g/mol. The number of sulfonamides is 1. The third-order valence-corrected chi connectivity index (χ3v) is 4.52. The molecule has 2 rings (SSSR count). The molecule has 7 heteroatoms. The van der Waals surface area contributed by atoms with Crippen molar-refractivity contribution in [2.75, 3.05) is 6.54 Å². The molecule has 1 amide bonds. The van der Waals surface area contributed by atoms with Gasteiger partial charge in [0.15, 0.2) is 0 Å². The number of amides is 1. The molecule has 1 fully saturated rings. The normalized spacial score (nSPS) is 14.6. The van der Waals surface area contributed by atoms with E-state index in [1.165, 1.54) is 6.07 Å². The topological polar surface area (TPSA) is 99.1 Å². The summed E-state index contributed by atoms with van der Waals surface area (Å²) in [6, 6.07) is 6.50. The highest BCUT2D eigenvalue weighted by molar-refractivity contribution is 7.89. The lowest BCUT2D eigenvalue weighted by molar-refractivity contribution is -0.120. The van der Waals surface area contributed by atoms with E-state index >= 15 is 0 Å². The largest absolute Gasteiger partial charge is 0.352 e. The van der Waals surface area contributed by atoms with Crippen molar-refractivity contribution in [3.63, 3.8) is 0 Å². The maximum Gasteiger partial charge on any atom is 0.241 e. The fraction of sp³-hybridized carbons (Fsp3) is 0.385. The Kier molecular flexibility index (Phi) is 4.06. The average Bonchev–Trinajstić information content (AvgIpc) is 3.21. The minimum absolute atomic E-state index is 0.0239. The van der Waals surface area contributed by atoms with Gasteiger partial charge in [0.05, 0.1) is 23.1 Å². The van der Waals surface area contributed by atoms with Crippen molar-refractivity contribution < 1.29 is 13.2 Å². The van der Waals surface area contributed by atoms with Gasteiger partial charge in [0, 0.05) is 6.04 Å². The Balaban J connectivity index is 2.09. The standard InChI is InChI=1S/C13H15N3O3S/c1-9-2-3-10(7-14)6-12(9)20(18,19)15-8-13(17)16-11-4-5-11/h2-3,6,11,15H,4-5,8H2,1H3,(H,16,17). The zero-order valence-electron chi connectivity index (χ0n) is 11.0. The first kappa shape index (κ1) is 14.5. The first-order valence-electron chi connectivity index (χ1n) is 6.22. The number of carbonyl (C=O) groups excluding carboxylic acids is 1. The van der Waals surface area contributed by atoms with Crippen molar-refractivity contribution in [2.45, 2.75) is 30.7 Å². The molecule has 0 unspecified atom stereocenters. The minimum atomic E-state index is -3.80. The molecule has 1 aliphatic carbocycles. The number of hydrogen-bond acceptors (Lipinski definition) is 4. The van der Waals surface area contributed by atoms with Crippen molar-refractivity contribution in [2.24, 2.45) is 0 Å². The second-order valence-electron chi connectivity index (χ2n) is 4.76. The van der Waals surface area contributed by atoms with E-state index in [1.54, 1.807) is 19.1 Å². The molecule has 1 aromatic rings. The predicted molar refractivity (Wildman–Crippen MR) is 72.2 cm³/mol. The number of nitrogens with one attached hydrogen (secondary N) is 2. The summed E-state index contributed by atoms with van der Waals surface area (Å²) in [6.07, 6.45) is 1.89. The summed E-state index contributed by atoms with van der Waals surface area (Å²) in [7, 11) is -3.80. The van der Waals surface area contributed by atoms with Crippen LogP contribution < -0.4 is 10.0 Å². The third-order valence-electron chi connectivity index (χ3n) is 2.97. The smallest absolute Gasteiger partial charge is 0.241 e. The van der Waals surface area contributed by atoms with E-state index in [0.29, 0.717) is 5.56 Å². The molecule has 0 spiro atoms. The van der Waals surface area contributed by atoms with Crippen LogP contribution in [0, 0.1) is 18.3 Å². The number of hydrogen-bond donors (Lipinski definition) is 2. The molecule has 1 aromatic carbocycles. The van der Waals surface area contributed by atoms with Gasteiger partial charge in [0.1, 0.15) is 0 Å². The second-order valence-corrected chi connectivity index (χ2v) is 6.49. The van der Waals surface area contributed by atoms with Crippen LogP contribution in [0.4, 0.5) is 0 Å². The van der Waals surface area contributed by atoms with Crippen LogP contribution in [0.3, 0.4) is 0 Å². The molecule has 0 heterocycles. The summed E-state index contributed by atoms with van der Waals surface area (Å²) in [6.45, 7) is 1.34. The number of benzene rings is 1. The number of carbonyl (C=O) groups is 1. The number of nitriles is 1. The summed E-state index contributed by atoms with van der Waals surface area (Å²) < 4.78 is 26.5. The number of rotatable bonds is 5. The van der Waals surface area contributed by atoms with Crippen LogP contribution in [0.1, 0.15) is 24.0 Å². The first-order valence-corrected chi connectivity index (χ1v) is 7.70. The van der Waals surface area contributed by atoms with Gasteiger partial charge in [-0.2, -0.15) is 5.26 Å². The summed E-state index contributed by atoms with van der Waals surface area (Å²) >= 11 is 0. The summed E-state index contributed by atoms with van der Waals surface area (Å²) in [4.78, 5) is 11.5. The fourth-order valence-electron chi connectivity index (χ4n) is 1.70. The Morgan fingerprint density at radius 1 is 1.45 bits per heavy atom. The molecule has 20 heavy (non-hydrogen) atoms. The zero-order valence-corrected chi connectivity index (χ0v) is 11.8. The molecule has 106 valence electrons. The molecule has 2 N–H and O–H groups in total. The van der Waals surface area contributed by atoms with E-state index in [9.17, 15) is 13.2 Å². The van der Waals surface area contributed by atoms with E-state index in [-0.39, 0.29) is 29.0 Å². The summed E-state index contributed by atoms with van der Waals surface area (Å²) in [5.41, 5.74) is 0.789. The Morgan fingerprint density at radius 3 is 2.75 bits per heavy atom. The Labute approximate surface area is 117 Å². The van der Waals surface area contributed by atoms with E-state index in [4.69, 9.17) is 5.26 Å². The van der Waals surface area contributed by atoms with Crippen molar-refractivity contribution in [3.05, 3.63) is 29.3 Å². The van der Waals surface area contributed by atoms with Crippen molar-refractivity contribution in [1.82, 2.24) is 10.0 Å². The predicted octanol–water partition coefficient (Wildman–Crippen LogP) is 0.424. The molecular formula is C13H15N3O3S. The lowest BCUT2D eigenvalue weighted by Crippen LogP contribution is -2.38.